The molecule has 0 bridgehead atoms. The minimum absolute atomic E-state index is 0.137. The van der Waals surface area contributed by atoms with Crippen molar-refractivity contribution < 1.29 is 4.79 Å². The number of fused-ring (bicyclic) bond motifs is 1. The van der Waals surface area contributed by atoms with E-state index < -0.39 is 0 Å². The number of hydrogen-bond acceptors (Lipinski definition) is 2. The maximum atomic E-state index is 13.3. The van der Waals surface area contributed by atoms with E-state index in [1.807, 2.05) is 23.6 Å². The second-order valence-electron chi connectivity index (χ2n) is 6.35. The molecule has 1 unspecified atom stereocenters. The summed E-state index contributed by atoms with van der Waals surface area (Å²) < 4.78 is 2.95. The Morgan fingerprint density at radius 2 is 2.17 bits per heavy atom. The molecule has 3 heterocycles. The van der Waals surface area contributed by atoms with Crippen molar-refractivity contribution in [3.05, 3.63) is 33.7 Å². The maximum Gasteiger partial charge on any atom is 0.273 e. The largest absolute Gasteiger partial charge is 0.334 e. The molecule has 1 aliphatic rings. The quantitative estimate of drug-likeness (QED) is 0.795. The van der Waals surface area contributed by atoms with Gasteiger partial charge < -0.3 is 4.90 Å². The molecule has 2 aromatic heterocycles. The van der Waals surface area contributed by atoms with Gasteiger partial charge in [0.1, 0.15) is 11.3 Å². The Hall–Kier alpha value is -1.36. The van der Waals surface area contributed by atoms with Crippen LogP contribution < -0.4 is 0 Å². The third-order valence-electron chi connectivity index (χ3n) is 4.84. The molecule has 124 valence electrons. The fourth-order valence-corrected chi connectivity index (χ4v) is 4.16. The predicted molar refractivity (Wildman–Crippen MR) is 96.0 cm³/mol. The van der Waals surface area contributed by atoms with Gasteiger partial charge >= 0.3 is 0 Å². The minimum Gasteiger partial charge on any atom is -0.334 e. The number of carbonyl (C=O) groups excluding carboxylic acids is 1. The average Bonchev–Trinajstić information content (AvgIpc) is 2.92. The lowest BCUT2D eigenvalue weighted by Gasteiger charge is -2.35. The number of aromatic nitrogens is 2. The molecule has 3 rings (SSSR count). The molecule has 1 aliphatic heterocycles. The van der Waals surface area contributed by atoms with Gasteiger partial charge in [0.15, 0.2) is 0 Å². The third-order valence-corrected chi connectivity index (χ3v) is 5.27. The fraction of sp³-hybridized carbons (Fsp3) is 0.556. The third kappa shape index (κ3) is 2.91. The first-order chi connectivity index (χ1) is 11.1. The molecule has 0 saturated carbocycles. The average molecular weight is 378 g/mol. The van der Waals surface area contributed by atoms with Crippen LogP contribution >= 0.6 is 15.9 Å². The molecule has 4 nitrogen and oxygen atoms in total. The highest BCUT2D eigenvalue weighted by molar-refractivity contribution is 9.10. The van der Waals surface area contributed by atoms with Crippen LogP contribution in [0.5, 0.6) is 0 Å². The summed E-state index contributed by atoms with van der Waals surface area (Å²) in [5, 5.41) is 0. The van der Waals surface area contributed by atoms with Crippen molar-refractivity contribution >= 4 is 27.5 Å². The summed E-state index contributed by atoms with van der Waals surface area (Å²) in [5.41, 5.74) is 3.61. The molecule has 0 aromatic carbocycles. The standard InChI is InChI=1S/C18H24BrN3O/c1-4-14-8-6-7-9-21(14)18(23)16-15(5-2)20-17-12(3)10-13(19)11-22(16)17/h10-11,14H,4-9H2,1-3H3. The molecule has 1 amide bonds. The zero-order chi connectivity index (χ0) is 16.6. The number of hydrogen-bond donors (Lipinski definition) is 0. The van der Waals surface area contributed by atoms with Gasteiger partial charge in [0.05, 0.1) is 5.69 Å². The van der Waals surface area contributed by atoms with Crippen molar-refractivity contribution in [3.63, 3.8) is 0 Å². The van der Waals surface area contributed by atoms with E-state index in [9.17, 15) is 4.79 Å². The van der Waals surface area contributed by atoms with Gasteiger partial charge in [-0.2, -0.15) is 0 Å². The Balaban J connectivity index is 2.12. The Kier molecular flexibility index (Phi) is 4.76. The number of piperidine rings is 1. The van der Waals surface area contributed by atoms with E-state index >= 15 is 0 Å². The molecule has 23 heavy (non-hydrogen) atoms. The van der Waals surface area contributed by atoms with Crippen LogP contribution in [0.3, 0.4) is 0 Å². The Labute approximate surface area is 146 Å². The van der Waals surface area contributed by atoms with Crippen LogP contribution in [0.1, 0.15) is 61.3 Å². The zero-order valence-electron chi connectivity index (χ0n) is 14.1. The van der Waals surface area contributed by atoms with E-state index in [1.165, 1.54) is 6.42 Å². The lowest BCUT2D eigenvalue weighted by Crippen LogP contribution is -2.44. The highest BCUT2D eigenvalue weighted by Crippen LogP contribution is 2.26. The lowest BCUT2D eigenvalue weighted by atomic mass is 9.99. The molecule has 5 heteroatoms. The first-order valence-electron chi connectivity index (χ1n) is 8.54. The summed E-state index contributed by atoms with van der Waals surface area (Å²) in [6.07, 6.45) is 7.19. The second-order valence-corrected chi connectivity index (χ2v) is 7.27. The number of nitrogens with zero attached hydrogens (tertiary/aromatic N) is 3. The number of rotatable bonds is 3. The van der Waals surface area contributed by atoms with Crippen molar-refractivity contribution in [1.29, 1.82) is 0 Å². The van der Waals surface area contributed by atoms with Gasteiger partial charge in [-0.05, 0) is 66.6 Å². The van der Waals surface area contributed by atoms with E-state index in [0.29, 0.717) is 6.04 Å². The first kappa shape index (κ1) is 16.5. The van der Waals surface area contributed by atoms with Gasteiger partial charge in [-0.3, -0.25) is 9.20 Å². The Morgan fingerprint density at radius 3 is 2.87 bits per heavy atom. The first-order valence-corrected chi connectivity index (χ1v) is 9.34. The molecule has 0 aliphatic carbocycles. The molecular weight excluding hydrogens is 354 g/mol. The van der Waals surface area contributed by atoms with Crippen LogP contribution in [0.15, 0.2) is 16.7 Å². The molecule has 0 N–H and O–H groups in total. The molecule has 1 saturated heterocycles. The molecule has 0 radical (unpaired) electrons. The normalized spacial score (nSPS) is 18.6. The van der Waals surface area contributed by atoms with E-state index in [0.717, 1.165) is 59.3 Å². The van der Waals surface area contributed by atoms with Crippen molar-refractivity contribution in [2.75, 3.05) is 6.54 Å². The molecule has 1 fully saturated rings. The number of likely N-dealkylation sites (tertiary alicyclic amines) is 1. The summed E-state index contributed by atoms with van der Waals surface area (Å²) in [7, 11) is 0. The number of halogens is 1. The smallest absolute Gasteiger partial charge is 0.273 e. The van der Waals surface area contributed by atoms with Crippen LogP contribution in [-0.4, -0.2) is 32.8 Å². The van der Waals surface area contributed by atoms with E-state index in [1.54, 1.807) is 0 Å². The second kappa shape index (κ2) is 6.63. The summed E-state index contributed by atoms with van der Waals surface area (Å²) in [5.74, 6) is 0.137. The number of pyridine rings is 1. The monoisotopic (exact) mass is 377 g/mol. The Morgan fingerprint density at radius 1 is 1.39 bits per heavy atom. The van der Waals surface area contributed by atoms with Gasteiger partial charge in [0.25, 0.3) is 5.91 Å². The van der Waals surface area contributed by atoms with Crippen molar-refractivity contribution in [2.45, 2.75) is 58.9 Å². The van der Waals surface area contributed by atoms with Gasteiger partial charge in [-0.15, -0.1) is 0 Å². The summed E-state index contributed by atoms with van der Waals surface area (Å²) >= 11 is 3.55. The van der Waals surface area contributed by atoms with Gasteiger partial charge in [0.2, 0.25) is 0 Å². The SMILES string of the molecule is CCc1nc2c(C)cc(Br)cn2c1C(=O)N1CCCCC1CC. The van der Waals surface area contributed by atoms with Crippen molar-refractivity contribution in [3.8, 4) is 0 Å². The number of imidazole rings is 1. The summed E-state index contributed by atoms with van der Waals surface area (Å²) in [6, 6.07) is 2.41. The fourth-order valence-electron chi connectivity index (χ4n) is 3.62. The van der Waals surface area contributed by atoms with Crippen LogP contribution in [0.2, 0.25) is 0 Å². The van der Waals surface area contributed by atoms with E-state index in [4.69, 9.17) is 4.98 Å². The summed E-state index contributed by atoms with van der Waals surface area (Å²) in [4.78, 5) is 20.1. The zero-order valence-corrected chi connectivity index (χ0v) is 15.7. The predicted octanol–water partition coefficient (Wildman–Crippen LogP) is 4.37. The Bertz CT molecular complexity index is 737. The van der Waals surface area contributed by atoms with Crippen LogP contribution in [-0.2, 0) is 6.42 Å². The molecule has 1 atom stereocenters. The topological polar surface area (TPSA) is 37.6 Å². The number of carbonyl (C=O) groups is 1. The number of aryl methyl sites for hydroxylation is 2. The molecule has 0 spiro atoms. The minimum atomic E-state index is 0.137. The highest BCUT2D eigenvalue weighted by Gasteiger charge is 2.30. The molecular formula is C18H24BrN3O. The van der Waals surface area contributed by atoms with Gasteiger partial charge in [-0.1, -0.05) is 13.8 Å². The van der Waals surface area contributed by atoms with Crippen LogP contribution in [0.4, 0.5) is 0 Å². The molecule has 2 aromatic rings. The lowest BCUT2D eigenvalue weighted by molar-refractivity contribution is 0.0599. The van der Waals surface area contributed by atoms with E-state index in [-0.39, 0.29) is 5.91 Å². The maximum absolute atomic E-state index is 13.3. The summed E-state index contributed by atoms with van der Waals surface area (Å²) in [6.45, 7) is 7.14. The van der Waals surface area contributed by atoms with Crippen molar-refractivity contribution in [2.24, 2.45) is 0 Å². The number of amides is 1. The van der Waals surface area contributed by atoms with Gasteiger partial charge in [-0.25, -0.2) is 4.98 Å². The van der Waals surface area contributed by atoms with Crippen LogP contribution in [0, 0.1) is 6.92 Å². The van der Waals surface area contributed by atoms with E-state index in [2.05, 4.69) is 34.7 Å². The highest BCUT2D eigenvalue weighted by atomic mass is 79.9. The van der Waals surface area contributed by atoms with Gasteiger partial charge in [0, 0.05) is 23.3 Å². The van der Waals surface area contributed by atoms with Crippen molar-refractivity contribution in [1.82, 2.24) is 14.3 Å². The van der Waals surface area contributed by atoms with Crippen LogP contribution in [0.25, 0.3) is 5.65 Å².